The first kappa shape index (κ1) is 13.4. The van der Waals surface area contributed by atoms with Crippen molar-refractivity contribution in [1.82, 2.24) is 5.32 Å². The van der Waals surface area contributed by atoms with E-state index in [4.69, 9.17) is 0 Å². The van der Waals surface area contributed by atoms with Gasteiger partial charge in [-0.05, 0) is 50.0 Å². The molecule has 17 heavy (non-hydrogen) atoms. The Hall–Kier alpha value is -0.0800. The largest absolute Gasteiger partial charge is 0.393 e. The lowest BCUT2D eigenvalue weighted by molar-refractivity contribution is 0.0961. The molecule has 0 spiro atoms. The summed E-state index contributed by atoms with van der Waals surface area (Å²) in [7, 11) is 0. The number of hydrogen-bond acceptors (Lipinski definition) is 2. The molecule has 2 heteroatoms. The molecule has 0 aromatic carbocycles. The first-order chi connectivity index (χ1) is 8.16. The van der Waals surface area contributed by atoms with Crippen LogP contribution in [0.1, 0.15) is 58.8 Å². The molecule has 0 amide bonds. The molecule has 0 radical (unpaired) electrons. The molecule has 2 N–H and O–H groups in total. The van der Waals surface area contributed by atoms with Gasteiger partial charge in [-0.3, -0.25) is 0 Å². The van der Waals surface area contributed by atoms with Crippen molar-refractivity contribution >= 4 is 0 Å². The third-order valence-corrected chi connectivity index (χ3v) is 5.13. The van der Waals surface area contributed by atoms with Crippen molar-refractivity contribution in [3.05, 3.63) is 0 Å². The highest BCUT2D eigenvalue weighted by molar-refractivity contribution is 4.84. The van der Waals surface area contributed by atoms with Gasteiger partial charge in [0, 0.05) is 6.04 Å². The molecule has 0 aromatic heterocycles. The normalized spacial score (nSPS) is 43.6. The molecule has 5 unspecified atom stereocenters. The van der Waals surface area contributed by atoms with E-state index in [1.54, 1.807) is 0 Å². The van der Waals surface area contributed by atoms with Gasteiger partial charge in [0.25, 0.3) is 0 Å². The number of hydrogen-bond donors (Lipinski definition) is 2. The molecule has 0 heterocycles. The molecule has 2 nitrogen and oxygen atoms in total. The zero-order valence-electron chi connectivity index (χ0n) is 11.5. The predicted octanol–water partition coefficient (Wildman–Crippen LogP) is 2.95. The van der Waals surface area contributed by atoms with E-state index in [1.807, 2.05) is 0 Å². The Morgan fingerprint density at radius 3 is 2.59 bits per heavy atom. The summed E-state index contributed by atoms with van der Waals surface area (Å²) in [5, 5.41) is 13.5. The number of nitrogens with one attached hydrogen (secondary N) is 1. The van der Waals surface area contributed by atoms with Crippen LogP contribution in [0.25, 0.3) is 0 Å². The van der Waals surface area contributed by atoms with Gasteiger partial charge in [0.15, 0.2) is 0 Å². The second kappa shape index (κ2) is 6.19. The van der Waals surface area contributed by atoms with Crippen molar-refractivity contribution < 1.29 is 5.11 Å². The molecule has 0 saturated heterocycles. The van der Waals surface area contributed by atoms with Crippen LogP contribution in [0.2, 0.25) is 0 Å². The summed E-state index contributed by atoms with van der Waals surface area (Å²) in [6.07, 6.45) is 8.67. The maximum atomic E-state index is 9.68. The summed E-state index contributed by atoms with van der Waals surface area (Å²) in [5.41, 5.74) is 0. The Kier molecular flexibility index (Phi) is 4.87. The van der Waals surface area contributed by atoms with E-state index >= 15 is 0 Å². The monoisotopic (exact) mass is 239 g/mol. The molecule has 2 aliphatic rings. The fourth-order valence-electron chi connectivity index (χ4n) is 3.64. The van der Waals surface area contributed by atoms with Gasteiger partial charge in [0.05, 0.1) is 6.10 Å². The Labute approximate surface area is 106 Å². The Morgan fingerprint density at radius 1 is 1.06 bits per heavy atom. The summed E-state index contributed by atoms with van der Waals surface area (Å²) in [4.78, 5) is 0. The molecule has 0 aromatic rings. The maximum absolute atomic E-state index is 9.68. The number of rotatable bonds is 3. The molecular weight excluding hydrogens is 210 g/mol. The molecule has 0 bridgehead atoms. The fraction of sp³-hybridized carbons (Fsp3) is 1.00. The van der Waals surface area contributed by atoms with E-state index in [0.717, 1.165) is 37.3 Å². The zero-order chi connectivity index (χ0) is 12.3. The highest BCUT2D eigenvalue weighted by Gasteiger charge is 2.28. The topological polar surface area (TPSA) is 32.3 Å². The van der Waals surface area contributed by atoms with Crippen molar-refractivity contribution in [2.24, 2.45) is 17.8 Å². The second-order valence-electron chi connectivity index (χ2n) is 6.47. The summed E-state index contributed by atoms with van der Waals surface area (Å²) < 4.78 is 0. The van der Waals surface area contributed by atoms with Crippen LogP contribution < -0.4 is 5.32 Å². The third kappa shape index (κ3) is 3.69. The average molecular weight is 239 g/mol. The molecule has 2 rings (SSSR count). The molecule has 2 aliphatic carbocycles. The predicted molar refractivity (Wildman–Crippen MR) is 71.9 cm³/mol. The number of aliphatic hydroxyl groups is 1. The molecule has 0 aliphatic heterocycles. The van der Waals surface area contributed by atoms with Crippen molar-refractivity contribution in [2.75, 3.05) is 6.54 Å². The van der Waals surface area contributed by atoms with Gasteiger partial charge in [0.1, 0.15) is 0 Å². The van der Waals surface area contributed by atoms with Crippen molar-refractivity contribution in [1.29, 1.82) is 0 Å². The third-order valence-electron chi connectivity index (χ3n) is 5.13. The lowest BCUT2D eigenvalue weighted by Gasteiger charge is -2.36. The summed E-state index contributed by atoms with van der Waals surface area (Å²) in [6, 6.07) is 0.720. The van der Waals surface area contributed by atoms with Crippen LogP contribution in [0.4, 0.5) is 0 Å². The minimum atomic E-state index is -0.0294. The van der Waals surface area contributed by atoms with Crippen molar-refractivity contribution in [3.63, 3.8) is 0 Å². The Morgan fingerprint density at radius 2 is 1.82 bits per heavy atom. The minimum Gasteiger partial charge on any atom is -0.393 e. The first-order valence-corrected chi connectivity index (χ1v) is 7.58. The SMILES string of the molecule is CC1CCCC(NCC2CCCC(O)C2)C1C. The van der Waals surface area contributed by atoms with E-state index in [1.165, 1.54) is 32.1 Å². The fourth-order valence-corrected chi connectivity index (χ4v) is 3.64. The zero-order valence-corrected chi connectivity index (χ0v) is 11.5. The van der Waals surface area contributed by atoms with Crippen LogP contribution in [0.15, 0.2) is 0 Å². The van der Waals surface area contributed by atoms with Gasteiger partial charge in [-0.1, -0.05) is 33.1 Å². The van der Waals surface area contributed by atoms with Gasteiger partial charge in [0.2, 0.25) is 0 Å². The lowest BCUT2D eigenvalue weighted by Crippen LogP contribution is -2.43. The highest BCUT2D eigenvalue weighted by Crippen LogP contribution is 2.30. The smallest absolute Gasteiger partial charge is 0.0543 e. The van der Waals surface area contributed by atoms with Gasteiger partial charge < -0.3 is 10.4 Å². The average Bonchev–Trinajstić information content (AvgIpc) is 2.31. The van der Waals surface area contributed by atoms with Crippen LogP contribution in [-0.4, -0.2) is 23.8 Å². The van der Waals surface area contributed by atoms with E-state index in [0.29, 0.717) is 5.92 Å². The molecule has 100 valence electrons. The van der Waals surface area contributed by atoms with E-state index in [-0.39, 0.29) is 6.10 Å². The van der Waals surface area contributed by atoms with E-state index in [2.05, 4.69) is 19.2 Å². The van der Waals surface area contributed by atoms with Crippen LogP contribution in [-0.2, 0) is 0 Å². The van der Waals surface area contributed by atoms with Gasteiger partial charge in [-0.15, -0.1) is 0 Å². The van der Waals surface area contributed by atoms with Crippen LogP contribution in [0.5, 0.6) is 0 Å². The second-order valence-corrected chi connectivity index (χ2v) is 6.47. The lowest BCUT2D eigenvalue weighted by atomic mass is 9.77. The number of aliphatic hydroxyl groups excluding tert-OH is 1. The summed E-state index contributed by atoms with van der Waals surface area (Å²) in [6.45, 7) is 5.92. The molecule has 2 saturated carbocycles. The van der Waals surface area contributed by atoms with Gasteiger partial charge in [-0.2, -0.15) is 0 Å². The van der Waals surface area contributed by atoms with Crippen molar-refractivity contribution in [2.45, 2.75) is 70.9 Å². The summed E-state index contributed by atoms with van der Waals surface area (Å²) in [5.74, 6) is 2.40. The van der Waals surface area contributed by atoms with Gasteiger partial charge >= 0.3 is 0 Å². The van der Waals surface area contributed by atoms with Gasteiger partial charge in [-0.25, -0.2) is 0 Å². The van der Waals surface area contributed by atoms with Crippen LogP contribution >= 0.6 is 0 Å². The standard InChI is InChI=1S/C15H29NO/c1-11-5-3-8-15(12(11)2)16-10-13-6-4-7-14(17)9-13/h11-17H,3-10H2,1-2H3. The van der Waals surface area contributed by atoms with Crippen LogP contribution in [0, 0.1) is 17.8 Å². The Bertz CT molecular complexity index is 231. The minimum absolute atomic E-state index is 0.0294. The van der Waals surface area contributed by atoms with Crippen molar-refractivity contribution in [3.8, 4) is 0 Å². The maximum Gasteiger partial charge on any atom is 0.0543 e. The van der Waals surface area contributed by atoms with E-state index in [9.17, 15) is 5.11 Å². The molecular formula is C15H29NO. The Balaban J connectivity index is 1.73. The van der Waals surface area contributed by atoms with Crippen LogP contribution in [0.3, 0.4) is 0 Å². The first-order valence-electron chi connectivity index (χ1n) is 7.58. The molecule has 5 atom stereocenters. The summed E-state index contributed by atoms with van der Waals surface area (Å²) >= 11 is 0. The highest BCUT2D eigenvalue weighted by atomic mass is 16.3. The molecule has 2 fully saturated rings. The quantitative estimate of drug-likeness (QED) is 0.793. The van der Waals surface area contributed by atoms with E-state index < -0.39 is 0 Å².